The second kappa shape index (κ2) is 11.6. The van der Waals surface area contributed by atoms with Gasteiger partial charge in [-0.2, -0.15) is 0 Å². The van der Waals surface area contributed by atoms with Gasteiger partial charge in [0.15, 0.2) is 5.82 Å². The van der Waals surface area contributed by atoms with Gasteiger partial charge < -0.3 is 4.42 Å². The zero-order valence-corrected chi connectivity index (χ0v) is 30.0. The Morgan fingerprint density at radius 3 is 1.91 bits per heavy atom. The van der Waals surface area contributed by atoms with Gasteiger partial charge in [0.05, 0.1) is 11.4 Å². The average molecular weight is 691 g/mol. The van der Waals surface area contributed by atoms with E-state index in [2.05, 4.69) is 153 Å². The molecule has 0 N–H and O–H groups in total. The predicted molar refractivity (Wildman–Crippen MR) is 224 cm³/mol. The zero-order valence-electron chi connectivity index (χ0n) is 30.0. The largest absolute Gasteiger partial charge is 0.456 e. The molecule has 8 aromatic carbocycles. The third-order valence-electron chi connectivity index (χ3n) is 11.5. The van der Waals surface area contributed by atoms with E-state index in [1.165, 1.54) is 49.5 Å². The van der Waals surface area contributed by atoms with Crippen molar-refractivity contribution >= 4 is 43.5 Å². The number of aromatic nitrogens is 2. The summed E-state index contributed by atoms with van der Waals surface area (Å²) in [5, 5.41) is 7.11. The number of benzene rings is 8. The van der Waals surface area contributed by atoms with Crippen LogP contribution in [-0.2, 0) is 5.41 Å². The molecule has 3 heteroatoms. The highest BCUT2D eigenvalue weighted by Gasteiger charge is 2.37. The van der Waals surface area contributed by atoms with E-state index in [0.29, 0.717) is 5.82 Å². The molecule has 254 valence electrons. The molecular weight excluding hydrogens is 657 g/mol. The van der Waals surface area contributed by atoms with Gasteiger partial charge in [-0.05, 0) is 91.3 Å². The van der Waals surface area contributed by atoms with Crippen molar-refractivity contribution in [2.75, 3.05) is 0 Å². The molecule has 10 aromatic rings. The molecule has 1 aliphatic rings. The summed E-state index contributed by atoms with van der Waals surface area (Å²) in [6.45, 7) is 4.72. The molecule has 54 heavy (non-hydrogen) atoms. The molecule has 0 saturated heterocycles. The van der Waals surface area contributed by atoms with Gasteiger partial charge in [-0.25, -0.2) is 9.97 Å². The Morgan fingerprint density at radius 2 is 1.07 bits per heavy atom. The molecule has 0 atom stereocenters. The van der Waals surface area contributed by atoms with Crippen molar-refractivity contribution in [2.24, 2.45) is 0 Å². The lowest BCUT2D eigenvalue weighted by Gasteiger charge is -2.22. The van der Waals surface area contributed by atoms with E-state index in [4.69, 9.17) is 14.4 Å². The Kier molecular flexibility index (Phi) is 6.60. The molecule has 0 radical (unpaired) electrons. The Balaban J connectivity index is 1.11. The second-order valence-corrected chi connectivity index (χ2v) is 14.9. The van der Waals surface area contributed by atoms with Crippen LogP contribution < -0.4 is 0 Å². The van der Waals surface area contributed by atoms with Gasteiger partial charge in [-0.1, -0.05) is 147 Å². The van der Waals surface area contributed by atoms with E-state index >= 15 is 0 Å². The van der Waals surface area contributed by atoms with Crippen LogP contribution in [0, 0.1) is 0 Å². The average Bonchev–Trinajstić information content (AvgIpc) is 3.71. The van der Waals surface area contributed by atoms with Crippen LogP contribution in [0.1, 0.15) is 25.0 Å². The van der Waals surface area contributed by atoms with Crippen molar-refractivity contribution in [3.05, 3.63) is 181 Å². The summed E-state index contributed by atoms with van der Waals surface area (Å²) < 4.78 is 6.30. The molecule has 0 aliphatic heterocycles. The van der Waals surface area contributed by atoms with Crippen LogP contribution in [-0.4, -0.2) is 9.97 Å². The van der Waals surface area contributed by atoms with E-state index in [0.717, 1.165) is 55.4 Å². The molecule has 0 amide bonds. The minimum absolute atomic E-state index is 0.114. The van der Waals surface area contributed by atoms with Crippen LogP contribution in [0.4, 0.5) is 0 Å². The number of nitrogens with zero attached hydrogens (tertiary/aromatic N) is 2. The quantitative estimate of drug-likeness (QED) is 0.184. The highest BCUT2D eigenvalue weighted by Crippen LogP contribution is 2.54. The lowest BCUT2D eigenvalue weighted by molar-refractivity contribution is 0.661. The first-order chi connectivity index (χ1) is 26.5. The van der Waals surface area contributed by atoms with Gasteiger partial charge in [-0.15, -0.1) is 0 Å². The summed E-state index contributed by atoms with van der Waals surface area (Å²) in [6.07, 6.45) is 0. The predicted octanol–water partition coefficient (Wildman–Crippen LogP) is 13.7. The lowest BCUT2D eigenvalue weighted by Crippen LogP contribution is -2.14. The Morgan fingerprint density at radius 1 is 0.407 bits per heavy atom. The first kappa shape index (κ1) is 30.8. The molecule has 0 unspecified atom stereocenters. The Bertz CT molecular complexity index is 3130. The number of para-hydroxylation sites is 1. The van der Waals surface area contributed by atoms with Gasteiger partial charge in [0.25, 0.3) is 0 Å². The Hall–Kier alpha value is -6.84. The maximum Gasteiger partial charge on any atom is 0.160 e. The normalized spacial score (nSPS) is 13.1. The monoisotopic (exact) mass is 690 g/mol. The Labute approximate surface area is 313 Å². The molecule has 0 saturated carbocycles. The number of rotatable bonds is 4. The highest BCUT2D eigenvalue weighted by atomic mass is 16.3. The van der Waals surface area contributed by atoms with Crippen LogP contribution >= 0.6 is 0 Å². The van der Waals surface area contributed by atoms with Crippen molar-refractivity contribution in [2.45, 2.75) is 19.3 Å². The third kappa shape index (κ3) is 4.61. The van der Waals surface area contributed by atoms with E-state index < -0.39 is 0 Å². The maximum absolute atomic E-state index is 6.30. The first-order valence-corrected chi connectivity index (χ1v) is 18.6. The summed E-state index contributed by atoms with van der Waals surface area (Å²) >= 11 is 0. The molecular formula is C51H34N2O. The summed E-state index contributed by atoms with van der Waals surface area (Å²) in [6, 6.07) is 60.6. The topological polar surface area (TPSA) is 38.9 Å². The van der Waals surface area contributed by atoms with Gasteiger partial charge >= 0.3 is 0 Å². The summed E-state index contributed by atoms with van der Waals surface area (Å²) in [5.74, 6) is 0.688. The lowest BCUT2D eigenvalue weighted by atomic mass is 9.81. The number of hydrogen-bond donors (Lipinski definition) is 0. The molecule has 11 rings (SSSR count). The minimum Gasteiger partial charge on any atom is -0.456 e. The standard InChI is InChI=1S/C51H34N2O/c1-51(2)43-21-12-20-41(49(43)42-27-32-15-6-7-16-33(32)28-44(42)51)37-25-26-38(36-18-9-8-17-35(36)37)46-30-45(52-50(53-46)31-13-4-3-5-14-31)34-23-24-40-39-19-10-11-22-47(39)54-48(40)29-34/h3-30H,1-2H3. The molecule has 0 fully saturated rings. The van der Waals surface area contributed by atoms with Gasteiger partial charge in [-0.3, -0.25) is 0 Å². The molecule has 0 spiro atoms. The van der Waals surface area contributed by atoms with E-state index in [1.54, 1.807) is 0 Å². The van der Waals surface area contributed by atoms with E-state index in [9.17, 15) is 0 Å². The SMILES string of the molecule is CC1(C)c2cc3ccccc3cc2-c2c(-c3ccc(-c4cc(-c5ccc6c(c5)oc5ccccc56)nc(-c5ccccc5)n4)c4ccccc34)cccc21. The summed E-state index contributed by atoms with van der Waals surface area (Å²) in [4.78, 5) is 10.4. The number of fused-ring (bicyclic) bond motifs is 8. The van der Waals surface area contributed by atoms with Crippen LogP contribution in [0.25, 0.3) is 99.6 Å². The van der Waals surface area contributed by atoms with Crippen molar-refractivity contribution in [1.82, 2.24) is 9.97 Å². The molecule has 2 heterocycles. The fourth-order valence-corrected chi connectivity index (χ4v) is 8.79. The van der Waals surface area contributed by atoms with Crippen molar-refractivity contribution in [1.29, 1.82) is 0 Å². The van der Waals surface area contributed by atoms with Crippen LogP contribution in [0.15, 0.2) is 174 Å². The van der Waals surface area contributed by atoms with E-state index in [-0.39, 0.29) is 5.41 Å². The maximum atomic E-state index is 6.30. The van der Waals surface area contributed by atoms with Crippen LogP contribution in [0.3, 0.4) is 0 Å². The zero-order chi connectivity index (χ0) is 36.0. The highest BCUT2D eigenvalue weighted by molar-refractivity contribution is 6.09. The van der Waals surface area contributed by atoms with Crippen molar-refractivity contribution < 1.29 is 4.42 Å². The second-order valence-electron chi connectivity index (χ2n) is 14.9. The molecule has 1 aliphatic carbocycles. The van der Waals surface area contributed by atoms with E-state index in [1.807, 2.05) is 30.3 Å². The molecule has 2 aromatic heterocycles. The fourth-order valence-electron chi connectivity index (χ4n) is 8.79. The summed E-state index contributed by atoms with van der Waals surface area (Å²) in [5.41, 5.74) is 14.2. The number of hydrogen-bond acceptors (Lipinski definition) is 3. The third-order valence-corrected chi connectivity index (χ3v) is 11.5. The summed E-state index contributed by atoms with van der Waals surface area (Å²) in [7, 11) is 0. The van der Waals surface area contributed by atoms with Crippen LogP contribution in [0.5, 0.6) is 0 Å². The smallest absolute Gasteiger partial charge is 0.160 e. The van der Waals surface area contributed by atoms with Crippen molar-refractivity contribution in [3.63, 3.8) is 0 Å². The fraction of sp³-hybridized carbons (Fsp3) is 0.0588. The van der Waals surface area contributed by atoms with Gasteiger partial charge in [0.2, 0.25) is 0 Å². The number of furan rings is 1. The minimum atomic E-state index is -0.114. The van der Waals surface area contributed by atoms with Gasteiger partial charge in [0, 0.05) is 32.9 Å². The van der Waals surface area contributed by atoms with Crippen molar-refractivity contribution in [3.8, 4) is 56.2 Å². The first-order valence-electron chi connectivity index (χ1n) is 18.6. The van der Waals surface area contributed by atoms with Crippen LogP contribution in [0.2, 0.25) is 0 Å². The van der Waals surface area contributed by atoms with Gasteiger partial charge in [0.1, 0.15) is 11.2 Å². The molecule has 0 bridgehead atoms. The molecule has 3 nitrogen and oxygen atoms in total.